The lowest BCUT2D eigenvalue weighted by atomic mass is 10.1. The van der Waals surface area contributed by atoms with Crippen LogP contribution in [0.3, 0.4) is 0 Å². The molecule has 0 unspecified atom stereocenters. The highest BCUT2D eigenvalue weighted by Gasteiger charge is 2.38. The van der Waals surface area contributed by atoms with E-state index in [1.165, 1.54) is 0 Å². The smallest absolute Gasteiger partial charge is 0.481 e. The van der Waals surface area contributed by atoms with Gasteiger partial charge in [-0.25, -0.2) is 19.7 Å². The average Bonchev–Trinajstić information content (AvgIpc) is 1.67. The van der Waals surface area contributed by atoms with Crippen molar-refractivity contribution >= 4 is 82.6 Å². The third-order valence-corrected chi connectivity index (χ3v) is 14.5. The average molecular weight is 1350 g/mol. The molecule has 3 atom stereocenters. The van der Waals surface area contributed by atoms with Crippen LogP contribution in [0.5, 0.6) is 17.6 Å². The van der Waals surface area contributed by atoms with Crippen LogP contribution in [-0.4, -0.2) is 122 Å². The standard InChI is InChI=1S/C20H19Cl2N3O2.C20H25N3O2.C12H15N3O.C8H6Cl2O2.C2HF3O2.2CH4.ClH/c1-13-7-15(11-23)9-19(24-13)27-16-3-2-6-25(12-16)20(26)10-14-4-5-17(21)18(22)8-14;1-15-10-17(13-21)11-19(22-15)25-18-8-5-9-23(14-18)20(24)12-16-6-3-2-4-7-16;1-9-5-10(7-13)6-12(15-9)16-11-3-2-4-14-8-11;9-6-2-1-5(3-7(6)10)4-8(11)12;3-2(4,5)1(6)7;;;/h4-5,7-9,16H,2-3,6,10,12H2,1H3;2-4,6-7,10-11,18H,5,8-9,12-14,21H2,1H3;5-6,11,14H,2-4,8H2,1H3;1-3H,4H2,(H,11,12);(H,6,7);2*1H4;1H/t16-;18-;11-;;;;;/m000...../s1. The van der Waals surface area contributed by atoms with E-state index in [0.29, 0.717) is 87.0 Å². The molecule has 3 aliphatic rings. The molecule has 3 fully saturated rings. The van der Waals surface area contributed by atoms with Crippen LogP contribution in [0.2, 0.25) is 20.1 Å². The normalized spacial score (nSPS) is 15.6. The zero-order valence-electron chi connectivity index (χ0n) is 48.4. The Hall–Kier alpha value is -7.47. The molecule has 0 aliphatic carbocycles. The maximum atomic E-state index is 12.7. The molecule has 90 heavy (non-hydrogen) atoms. The molecule has 0 saturated carbocycles. The number of nitrogens with two attached hydrogens (primary N) is 1. The number of carboxylic acids is 2. The van der Waals surface area contributed by atoms with Gasteiger partial charge in [-0.3, -0.25) is 14.4 Å². The Morgan fingerprint density at radius 1 is 0.600 bits per heavy atom. The number of hydrogen-bond acceptors (Lipinski definition) is 14. The predicted octanol–water partition coefficient (Wildman–Crippen LogP) is 13.0. The number of ether oxygens (including phenoxy) is 3. The number of carboxylic acid groups (broad SMARTS) is 2. The molecule has 3 aromatic carbocycles. The fourth-order valence-electron chi connectivity index (χ4n) is 9.01. The number of aliphatic carboxylic acids is 2. The Labute approximate surface area is 549 Å². The summed E-state index contributed by atoms with van der Waals surface area (Å²) in [5, 5.41) is 38.5. The lowest BCUT2D eigenvalue weighted by Gasteiger charge is -2.32. The molecule has 26 heteroatoms. The maximum absolute atomic E-state index is 12.7. The van der Waals surface area contributed by atoms with Gasteiger partial charge in [0.2, 0.25) is 29.5 Å². The topological polar surface area (TPSA) is 267 Å². The number of alkyl halides is 3. The SMILES string of the molecule is C.C.Cc1cc(C#N)cc(O[C@H]2CCCN(C(=O)Cc3ccc(Cl)c(Cl)c3)C2)n1.Cc1cc(C#N)cc(O[C@H]2CCCNC2)n1.Cc1cc(CN)cc(O[C@H]2CCCN(C(=O)Cc3ccccc3)C2)n1.Cl.O=C(O)C(F)(F)F.O=C(O)Cc1ccc(Cl)c(Cl)c1. The Morgan fingerprint density at radius 3 is 1.43 bits per heavy atom. The molecular weight excluding hydrogens is 1270 g/mol. The van der Waals surface area contributed by atoms with Crippen molar-refractivity contribution in [1.29, 1.82) is 10.5 Å². The number of likely N-dealkylation sites (tertiary alicyclic amines) is 2. The molecular formula is C64H75Cl5F3N9O9. The first kappa shape index (κ1) is 78.6. The zero-order chi connectivity index (χ0) is 63.6. The fraction of sp³-hybridized carbons (Fsp3) is 0.391. The van der Waals surface area contributed by atoms with E-state index in [0.717, 1.165) is 91.9 Å². The van der Waals surface area contributed by atoms with Crippen molar-refractivity contribution in [2.24, 2.45) is 5.73 Å². The van der Waals surface area contributed by atoms with Crippen LogP contribution in [0.15, 0.2) is 103 Å². The number of benzene rings is 3. The van der Waals surface area contributed by atoms with E-state index < -0.39 is 18.1 Å². The van der Waals surface area contributed by atoms with Crippen molar-refractivity contribution in [1.82, 2.24) is 30.1 Å². The first-order chi connectivity index (χ1) is 41.4. The number of pyridine rings is 3. The molecule has 486 valence electrons. The van der Waals surface area contributed by atoms with Crippen LogP contribution in [0.25, 0.3) is 0 Å². The minimum atomic E-state index is -5.08. The summed E-state index contributed by atoms with van der Waals surface area (Å²) in [7, 11) is 0. The molecule has 6 heterocycles. The largest absolute Gasteiger partial charge is 0.490 e. The summed E-state index contributed by atoms with van der Waals surface area (Å²) in [6.07, 6.45) is 1.36. The third kappa shape index (κ3) is 28.1. The van der Waals surface area contributed by atoms with Gasteiger partial charge in [-0.2, -0.15) is 23.7 Å². The Bertz CT molecular complexity index is 3370. The fourth-order valence-corrected chi connectivity index (χ4v) is 9.65. The maximum Gasteiger partial charge on any atom is 0.490 e. The second-order valence-corrected chi connectivity index (χ2v) is 21.9. The van der Waals surface area contributed by atoms with E-state index in [4.69, 9.17) is 91.9 Å². The summed E-state index contributed by atoms with van der Waals surface area (Å²) in [6.45, 7) is 10.6. The number of carbonyl (C=O) groups is 4. The molecule has 9 rings (SSSR count). The van der Waals surface area contributed by atoms with Gasteiger partial charge in [0.1, 0.15) is 18.3 Å². The van der Waals surface area contributed by atoms with Crippen molar-refractivity contribution in [3.63, 3.8) is 0 Å². The van der Waals surface area contributed by atoms with Gasteiger partial charge in [0.25, 0.3) is 0 Å². The molecule has 6 aromatic rings. The van der Waals surface area contributed by atoms with Crippen molar-refractivity contribution in [2.75, 3.05) is 39.3 Å². The predicted molar refractivity (Wildman–Crippen MR) is 344 cm³/mol. The van der Waals surface area contributed by atoms with Crippen molar-refractivity contribution in [2.45, 2.75) is 124 Å². The molecule has 0 bridgehead atoms. The summed E-state index contributed by atoms with van der Waals surface area (Å²) in [4.78, 5) is 61.1. The number of aryl methyl sites for hydroxylation is 3. The van der Waals surface area contributed by atoms with Gasteiger partial charge in [-0.15, -0.1) is 12.4 Å². The molecule has 2 amide bonds. The van der Waals surface area contributed by atoms with Crippen LogP contribution in [0.1, 0.15) is 104 Å². The van der Waals surface area contributed by atoms with Crippen LogP contribution < -0.4 is 25.3 Å². The minimum absolute atomic E-state index is 0. The summed E-state index contributed by atoms with van der Waals surface area (Å²) in [6, 6.07) is 34.7. The van der Waals surface area contributed by atoms with Gasteiger partial charge < -0.3 is 45.3 Å². The highest BCUT2D eigenvalue weighted by molar-refractivity contribution is 6.42. The van der Waals surface area contributed by atoms with Gasteiger partial charge in [0.15, 0.2) is 0 Å². The van der Waals surface area contributed by atoms with Gasteiger partial charge >= 0.3 is 18.1 Å². The quantitative estimate of drug-likeness (QED) is 0.0837. The number of aromatic nitrogens is 3. The van der Waals surface area contributed by atoms with E-state index in [-0.39, 0.29) is 70.2 Å². The summed E-state index contributed by atoms with van der Waals surface area (Å²) in [5.41, 5.74) is 12.8. The number of nitrogens with one attached hydrogen (secondary N) is 1. The first-order valence-corrected chi connectivity index (χ1v) is 29.1. The molecule has 0 radical (unpaired) electrons. The van der Waals surface area contributed by atoms with Crippen LogP contribution in [0, 0.1) is 43.4 Å². The van der Waals surface area contributed by atoms with Crippen LogP contribution in [-0.2, 0) is 45.0 Å². The second kappa shape index (κ2) is 39.6. The molecule has 3 aliphatic heterocycles. The summed E-state index contributed by atoms with van der Waals surface area (Å²) < 4.78 is 49.5. The molecule has 3 aromatic heterocycles. The van der Waals surface area contributed by atoms with Gasteiger partial charge in [0.05, 0.1) is 75.7 Å². The summed E-state index contributed by atoms with van der Waals surface area (Å²) in [5.74, 6) is -1.87. The van der Waals surface area contributed by atoms with Crippen LogP contribution >= 0.6 is 58.8 Å². The first-order valence-electron chi connectivity index (χ1n) is 27.5. The molecule has 3 saturated heterocycles. The lowest BCUT2D eigenvalue weighted by Crippen LogP contribution is -2.45. The highest BCUT2D eigenvalue weighted by atomic mass is 35.5. The van der Waals surface area contributed by atoms with Gasteiger partial charge in [0, 0.05) is 61.5 Å². The van der Waals surface area contributed by atoms with Crippen molar-refractivity contribution in [3.05, 3.63) is 174 Å². The number of hydrogen-bond donors (Lipinski definition) is 4. The number of amides is 2. The van der Waals surface area contributed by atoms with Crippen LogP contribution in [0.4, 0.5) is 13.2 Å². The molecule has 18 nitrogen and oxygen atoms in total. The zero-order valence-corrected chi connectivity index (χ0v) is 52.2. The number of nitriles is 2. The lowest BCUT2D eigenvalue weighted by molar-refractivity contribution is -0.192. The van der Waals surface area contributed by atoms with Gasteiger partial charge in [-0.05, 0) is 131 Å². The Morgan fingerprint density at radius 2 is 1.02 bits per heavy atom. The van der Waals surface area contributed by atoms with E-state index in [1.807, 2.05) is 74.2 Å². The van der Waals surface area contributed by atoms with E-state index in [9.17, 15) is 27.6 Å². The molecule has 0 spiro atoms. The van der Waals surface area contributed by atoms with E-state index in [2.05, 4.69) is 32.4 Å². The minimum Gasteiger partial charge on any atom is -0.481 e. The summed E-state index contributed by atoms with van der Waals surface area (Å²) >= 11 is 23.3. The number of nitrogens with zero attached hydrogens (tertiary/aromatic N) is 7. The molecule has 5 N–H and O–H groups in total. The highest BCUT2D eigenvalue weighted by Crippen LogP contribution is 2.26. The number of rotatable bonds is 13. The van der Waals surface area contributed by atoms with Crippen molar-refractivity contribution in [3.8, 4) is 29.8 Å². The number of piperidine rings is 3. The Kier molecular flexibility index (Phi) is 34.6. The number of carbonyl (C=O) groups excluding carboxylic acids is 2. The van der Waals surface area contributed by atoms with Gasteiger partial charge in [-0.1, -0.05) is 104 Å². The monoisotopic (exact) mass is 1350 g/mol. The van der Waals surface area contributed by atoms with Crippen molar-refractivity contribution < 1.29 is 56.8 Å². The second-order valence-electron chi connectivity index (χ2n) is 20.3. The van der Waals surface area contributed by atoms with E-state index >= 15 is 0 Å². The van der Waals surface area contributed by atoms with E-state index in [1.54, 1.807) is 59.5 Å². The number of halogens is 8. The third-order valence-electron chi connectivity index (χ3n) is 13.0. The Balaban J connectivity index is 0.000000404.